The molecule has 0 atom stereocenters. The maximum Gasteiger partial charge on any atom is 0.345 e. The Kier molecular flexibility index (Phi) is 8.77. The van der Waals surface area contributed by atoms with Crippen molar-refractivity contribution in [3.63, 3.8) is 0 Å². The Hall–Kier alpha value is -2.95. The molecule has 0 saturated carbocycles. The molecule has 1 aromatic heterocycles. The first-order valence-corrected chi connectivity index (χ1v) is 14.7. The van der Waals surface area contributed by atoms with E-state index < -0.39 is 11.9 Å². The normalized spacial score (nSPS) is 11.2. The van der Waals surface area contributed by atoms with Gasteiger partial charge in [0.2, 0.25) is 0 Å². The van der Waals surface area contributed by atoms with Gasteiger partial charge < -0.3 is 9.72 Å². The molecule has 200 valence electrons. The van der Waals surface area contributed by atoms with E-state index in [1.165, 1.54) is 6.21 Å². The summed E-state index contributed by atoms with van der Waals surface area (Å²) in [7, 11) is 0. The Balaban J connectivity index is 1.47. The molecule has 0 bridgehead atoms. The molecular weight excluding hydrogens is 749 g/mol. The molecule has 4 aromatic carbocycles. The van der Waals surface area contributed by atoms with Gasteiger partial charge in [-0.3, -0.25) is 4.79 Å². The first kappa shape index (κ1) is 28.6. The molecule has 1 heterocycles. The number of hydrogen-bond acceptors (Lipinski definition) is 4. The van der Waals surface area contributed by atoms with E-state index >= 15 is 0 Å². The summed E-state index contributed by atoms with van der Waals surface area (Å²) < 4.78 is 7.66. The fraction of sp³-hybridized carbons (Fsp3) is 0. The molecule has 2 N–H and O–H groups in total. The van der Waals surface area contributed by atoms with Gasteiger partial charge in [-0.25, -0.2) is 10.2 Å². The van der Waals surface area contributed by atoms with Crippen molar-refractivity contribution in [1.82, 2.24) is 10.4 Å². The summed E-state index contributed by atoms with van der Waals surface area (Å²) >= 11 is 23.1. The number of halogens is 5. The van der Waals surface area contributed by atoms with Crippen molar-refractivity contribution in [3.8, 4) is 16.9 Å². The maximum absolute atomic E-state index is 13.4. The third-order valence-corrected chi connectivity index (χ3v) is 8.22. The average Bonchev–Trinajstić information content (AvgIpc) is 3.32. The van der Waals surface area contributed by atoms with Crippen LogP contribution in [-0.4, -0.2) is 23.1 Å². The third-order valence-electron chi connectivity index (χ3n) is 5.85. The molecule has 0 fully saturated rings. The van der Waals surface area contributed by atoms with E-state index in [2.05, 4.69) is 63.3 Å². The Labute approximate surface area is 264 Å². The number of H-pyrrole nitrogens is 1. The molecule has 11 heteroatoms. The lowest BCUT2D eigenvalue weighted by Crippen LogP contribution is -2.19. The van der Waals surface area contributed by atoms with Crippen molar-refractivity contribution in [3.05, 3.63) is 119 Å². The van der Waals surface area contributed by atoms with Gasteiger partial charge in [0.15, 0.2) is 5.75 Å². The lowest BCUT2D eigenvalue weighted by atomic mass is 10.0. The SMILES string of the molecule is O=C(Oc1c(Br)cc(Br)cc1C=NNC(=O)c1[nH]c2c(Br)cccc2c1-c1ccccc1Cl)c1ccccc1Cl. The highest BCUT2D eigenvalue weighted by molar-refractivity contribution is 9.11. The summed E-state index contributed by atoms with van der Waals surface area (Å²) in [5, 5.41) is 5.75. The van der Waals surface area contributed by atoms with Gasteiger partial charge in [0.05, 0.1) is 26.8 Å². The zero-order valence-corrected chi connectivity index (χ0v) is 26.4. The van der Waals surface area contributed by atoms with Crippen LogP contribution < -0.4 is 10.2 Å². The van der Waals surface area contributed by atoms with Crippen molar-refractivity contribution in [2.24, 2.45) is 5.10 Å². The van der Waals surface area contributed by atoms with E-state index in [-0.39, 0.29) is 22.0 Å². The van der Waals surface area contributed by atoms with Crippen molar-refractivity contribution >= 4 is 100.0 Å². The number of aromatic amines is 1. The van der Waals surface area contributed by atoms with Crippen LogP contribution in [0.4, 0.5) is 0 Å². The van der Waals surface area contributed by atoms with Crippen LogP contribution in [-0.2, 0) is 0 Å². The number of ether oxygens (including phenoxy) is 1. The molecule has 0 spiro atoms. The highest BCUT2D eigenvalue weighted by Gasteiger charge is 2.22. The number of carbonyl (C=O) groups excluding carboxylic acids is 2. The summed E-state index contributed by atoms with van der Waals surface area (Å²) in [5.74, 6) is -0.921. The molecule has 5 aromatic rings. The Bertz CT molecular complexity index is 1820. The van der Waals surface area contributed by atoms with E-state index in [9.17, 15) is 9.59 Å². The molecule has 1 amide bonds. The van der Waals surface area contributed by atoms with Gasteiger partial charge in [-0.05, 0) is 68.3 Å². The lowest BCUT2D eigenvalue weighted by Gasteiger charge is -2.11. The van der Waals surface area contributed by atoms with Gasteiger partial charge in [-0.2, -0.15) is 5.10 Å². The second kappa shape index (κ2) is 12.3. The van der Waals surface area contributed by atoms with Gasteiger partial charge in [0.25, 0.3) is 5.91 Å². The first-order chi connectivity index (χ1) is 19.2. The summed E-state index contributed by atoms with van der Waals surface area (Å²) in [6, 6.07) is 23.0. The molecule has 0 aliphatic rings. The summed E-state index contributed by atoms with van der Waals surface area (Å²) in [6.07, 6.45) is 1.39. The summed E-state index contributed by atoms with van der Waals surface area (Å²) in [4.78, 5) is 29.4. The molecule has 5 rings (SSSR count). The van der Waals surface area contributed by atoms with E-state index in [4.69, 9.17) is 27.9 Å². The monoisotopic (exact) mass is 761 g/mol. The number of nitrogens with one attached hydrogen (secondary N) is 2. The summed E-state index contributed by atoms with van der Waals surface area (Å²) in [6.45, 7) is 0. The van der Waals surface area contributed by atoms with Crippen LogP contribution >= 0.6 is 71.0 Å². The zero-order chi connectivity index (χ0) is 28.4. The Morgan fingerprint density at radius 3 is 2.35 bits per heavy atom. The predicted octanol–water partition coefficient (Wildman–Crippen LogP) is 9.41. The number of nitrogens with zero attached hydrogens (tertiary/aromatic N) is 1. The van der Waals surface area contributed by atoms with Crippen molar-refractivity contribution < 1.29 is 14.3 Å². The van der Waals surface area contributed by atoms with Gasteiger partial charge >= 0.3 is 5.97 Å². The topological polar surface area (TPSA) is 83.5 Å². The van der Waals surface area contributed by atoms with Crippen molar-refractivity contribution in [2.75, 3.05) is 0 Å². The number of hydrogen-bond donors (Lipinski definition) is 2. The standard InChI is InChI=1S/C29H16Br3Cl2N3O3/c30-16-12-15(27(21(32)13-16)40-29(39)18-7-2-4-11-23(18)34)14-35-37-28(38)26-24(17-6-1-3-10-22(17)33)19-8-5-9-20(31)25(19)36-26/h1-14,36H,(H,37,38). The van der Waals surface area contributed by atoms with Crippen LogP contribution in [0, 0.1) is 0 Å². The maximum atomic E-state index is 13.4. The molecule has 0 aliphatic heterocycles. The molecule has 0 unspecified atom stereocenters. The minimum Gasteiger partial charge on any atom is -0.421 e. The lowest BCUT2D eigenvalue weighted by molar-refractivity contribution is 0.0733. The van der Waals surface area contributed by atoms with Gasteiger partial charge in [-0.15, -0.1) is 0 Å². The Morgan fingerprint density at radius 1 is 0.875 bits per heavy atom. The highest BCUT2D eigenvalue weighted by atomic mass is 79.9. The number of fused-ring (bicyclic) bond motifs is 1. The molecule has 6 nitrogen and oxygen atoms in total. The quantitative estimate of drug-likeness (QED) is 0.0783. The van der Waals surface area contributed by atoms with Gasteiger partial charge in [0.1, 0.15) is 5.69 Å². The van der Waals surface area contributed by atoms with Crippen LogP contribution in [0.5, 0.6) is 5.75 Å². The second-order valence-corrected chi connectivity index (χ2v) is 11.8. The van der Waals surface area contributed by atoms with Crippen molar-refractivity contribution in [2.45, 2.75) is 0 Å². The molecular formula is C29H16Br3Cl2N3O3. The largest absolute Gasteiger partial charge is 0.421 e. The highest BCUT2D eigenvalue weighted by Crippen LogP contribution is 2.39. The fourth-order valence-electron chi connectivity index (χ4n) is 4.07. The molecule has 0 saturated heterocycles. The van der Waals surface area contributed by atoms with Crippen LogP contribution in [0.15, 0.2) is 97.4 Å². The number of aromatic nitrogens is 1. The van der Waals surface area contributed by atoms with E-state index in [1.807, 2.05) is 36.4 Å². The van der Waals surface area contributed by atoms with Crippen LogP contribution in [0.2, 0.25) is 10.0 Å². The molecule has 40 heavy (non-hydrogen) atoms. The number of rotatable bonds is 6. The average molecular weight is 765 g/mol. The molecule has 0 radical (unpaired) electrons. The number of esters is 1. The minimum absolute atomic E-state index is 0.206. The van der Waals surface area contributed by atoms with Crippen LogP contribution in [0.3, 0.4) is 0 Å². The number of carbonyl (C=O) groups is 2. The number of hydrazone groups is 1. The Morgan fingerprint density at radius 2 is 1.60 bits per heavy atom. The van der Waals surface area contributed by atoms with E-state index in [0.29, 0.717) is 30.7 Å². The number of para-hydroxylation sites is 1. The number of benzene rings is 4. The van der Waals surface area contributed by atoms with Crippen LogP contribution in [0.25, 0.3) is 22.0 Å². The third kappa shape index (κ3) is 5.89. The van der Waals surface area contributed by atoms with E-state index in [1.54, 1.807) is 42.5 Å². The number of amides is 1. The fourth-order valence-corrected chi connectivity index (χ4v) is 6.32. The second-order valence-electron chi connectivity index (χ2n) is 8.39. The van der Waals surface area contributed by atoms with Gasteiger partial charge in [0, 0.05) is 36.0 Å². The van der Waals surface area contributed by atoms with Crippen molar-refractivity contribution in [1.29, 1.82) is 0 Å². The first-order valence-electron chi connectivity index (χ1n) is 11.6. The smallest absolute Gasteiger partial charge is 0.345 e. The van der Waals surface area contributed by atoms with Gasteiger partial charge in [-0.1, -0.05) is 81.6 Å². The van der Waals surface area contributed by atoms with E-state index in [0.717, 1.165) is 15.4 Å². The molecule has 0 aliphatic carbocycles. The predicted molar refractivity (Wildman–Crippen MR) is 170 cm³/mol. The zero-order valence-electron chi connectivity index (χ0n) is 20.1. The van der Waals surface area contributed by atoms with Crippen LogP contribution in [0.1, 0.15) is 26.4 Å². The summed E-state index contributed by atoms with van der Waals surface area (Å²) in [5.41, 5.74) is 5.59. The minimum atomic E-state index is -0.639.